The lowest BCUT2D eigenvalue weighted by atomic mass is 10.2. The van der Waals surface area contributed by atoms with Gasteiger partial charge in [0.15, 0.2) is 5.65 Å². The van der Waals surface area contributed by atoms with Crippen molar-refractivity contribution in [3.8, 4) is 0 Å². The Balaban J connectivity index is 2.30. The number of fused-ring (bicyclic) bond motifs is 1. The van der Waals surface area contributed by atoms with Crippen LogP contribution in [0.25, 0.3) is 10.3 Å². The quantitative estimate of drug-likeness (QED) is 0.641. The van der Waals surface area contributed by atoms with Gasteiger partial charge in [0, 0.05) is 18.8 Å². The number of thiazole rings is 1. The van der Waals surface area contributed by atoms with Gasteiger partial charge in [-0.25, -0.2) is 4.98 Å². The van der Waals surface area contributed by atoms with Gasteiger partial charge in [-0.2, -0.15) is 0 Å². The van der Waals surface area contributed by atoms with Crippen molar-refractivity contribution in [2.24, 2.45) is 7.05 Å². The second-order valence-electron chi connectivity index (χ2n) is 4.34. The summed E-state index contributed by atoms with van der Waals surface area (Å²) in [6.07, 6.45) is 1.14. The molecule has 21 heavy (non-hydrogen) atoms. The number of carbonyl (C=O) groups excluding carboxylic acids is 2. The molecule has 0 aliphatic heterocycles. The van der Waals surface area contributed by atoms with Gasteiger partial charge < -0.3 is 20.0 Å². The van der Waals surface area contributed by atoms with Crippen molar-refractivity contribution >= 4 is 39.8 Å². The third-order valence-corrected chi connectivity index (χ3v) is 3.92. The van der Waals surface area contributed by atoms with Gasteiger partial charge in [-0.3, -0.25) is 9.59 Å². The SMILES string of the molecule is CCOC(=O)CNC(=O)c1c(C=N)c2sc(C)nc2n1C. The van der Waals surface area contributed by atoms with E-state index in [1.54, 1.807) is 18.5 Å². The van der Waals surface area contributed by atoms with Crippen LogP contribution in [0.15, 0.2) is 0 Å². The molecule has 0 bridgehead atoms. The van der Waals surface area contributed by atoms with Crippen molar-refractivity contribution in [3.05, 3.63) is 16.3 Å². The van der Waals surface area contributed by atoms with E-state index in [-0.39, 0.29) is 13.2 Å². The van der Waals surface area contributed by atoms with Crippen LogP contribution in [0.5, 0.6) is 0 Å². The molecule has 1 amide bonds. The van der Waals surface area contributed by atoms with E-state index in [1.807, 2.05) is 6.92 Å². The largest absolute Gasteiger partial charge is 0.465 e. The molecule has 7 nitrogen and oxygen atoms in total. The molecule has 0 aliphatic carbocycles. The lowest BCUT2D eigenvalue weighted by molar-refractivity contribution is -0.141. The highest BCUT2D eigenvalue weighted by Gasteiger charge is 2.22. The van der Waals surface area contributed by atoms with E-state index in [2.05, 4.69) is 10.3 Å². The smallest absolute Gasteiger partial charge is 0.325 e. The molecule has 0 unspecified atom stereocenters. The molecule has 0 aromatic carbocycles. The topological polar surface area (TPSA) is 97.1 Å². The summed E-state index contributed by atoms with van der Waals surface area (Å²) < 4.78 is 7.20. The zero-order valence-corrected chi connectivity index (χ0v) is 12.8. The highest BCUT2D eigenvalue weighted by Crippen LogP contribution is 2.29. The first-order valence-electron chi connectivity index (χ1n) is 6.39. The van der Waals surface area contributed by atoms with Gasteiger partial charge in [-0.1, -0.05) is 0 Å². The van der Waals surface area contributed by atoms with Crippen molar-refractivity contribution in [3.63, 3.8) is 0 Å². The molecule has 2 N–H and O–H groups in total. The monoisotopic (exact) mass is 308 g/mol. The summed E-state index contributed by atoms with van der Waals surface area (Å²) in [5.74, 6) is -0.917. The third kappa shape index (κ3) is 2.80. The number of hydrogen-bond donors (Lipinski definition) is 2. The lowest BCUT2D eigenvalue weighted by Crippen LogP contribution is -2.32. The number of nitrogens with one attached hydrogen (secondary N) is 2. The molecule has 2 aromatic rings. The molecule has 0 atom stereocenters. The minimum Gasteiger partial charge on any atom is -0.465 e. The molecule has 0 saturated heterocycles. The van der Waals surface area contributed by atoms with Crippen LogP contribution in [-0.2, 0) is 16.6 Å². The zero-order chi connectivity index (χ0) is 15.6. The van der Waals surface area contributed by atoms with E-state index in [9.17, 15) is 9.59 Å². The van der Waals surface area contributed by atoms with Crippen molar-refractivity contribution in [1.82, 2.24) is 14.9 Å². The number of nitrogens with zero attached hydrogens (tertiary/aromatic N) is 2. The van der Waals surface area contributed by atoms with Crippen LogP contribution in [0.3, 0.4) is 0 Å². The molecule has 2 heterocycles. The van der Waals surface area contributed by atoms with Crippen LogP contribution in [0, 0.1) is 12.3 Å². The number of rotatable bonds is 5. The van der Waals surface area contributed by atoms with Gasteiger partial charge in [0.1, 0.15) is 12.2 Å². The van der Waals surface area contributed by atoms with Gasteiger partial charge in [0.2, 0.25) is 0 Å². The fraction of sp³-hybridized carbons (Fsp3) is 0.385. The molecule has 0 spiro atoms. The Morgan fingerprint density at radius 1 is 1.52 bits per heavy atom. The van der Waals surface area contributed by atoms with Gasteiger partial charge in [0.05, 0.1) is 16.3 Å². The number of aromatic nitrogens is 2. The number of ether oxygens (including phenoxy) is 1. The summed E-state index contributed by atoms with van der Waals surface area (Å²) in [7, 11) is 1.72. The number of hydrogen-bond acceptors (Lipinski definition) is 6. The average Bonchev–Trinajstić information content (AvgIpc) is 2.93. The molecular formula is C13H16N4O3S. The van der Waals surface area contributed by atoms with Gasteiger partial charge in [-0.15, -0.1) is 11.3 Å². The molecule has 0 saturated carbocycles. The van der Waals surface area contributed by atoms with Crippen LogP contribution in [0.4, 0.5) is 0 Å². The molecular weight excluding hydrogens is 292 g/mol. The van der Waals surface area contributed by atoms with Crippen LogP contribution in [-0.4, -0.2) is 40.8 Å². The summed E-state index contributed by atoms with van der Waals surface area (Å²) in [6.45, 7) is 3.64. The molecule has 0 fully saturated rings. The molecule has 0 radical (unpaired) electrons. The molecule has 0 aliphatic rings. The Hall–Kier alpha value is -2.22. The minimum absolute atomic E-state index is 0.199. The Morgan fingerprint density at radius 2 is 2.24 bits per heavy atom. The lowest BCUT2D eigenvalue weighted by Gasteiger charge is -2.07. The zero-order valence-electron chi connectivity index (χ0n) is 12.0. The highest BCUT2D eigenvalue weighted by molar-refractivity contribution is 7.18. The van der Waals surface area contributed by atoms with Crippen molar-refractivity contribution < 1.29 is 14.3 Å². The predicted octanol–water partition coefficient (Wildman–Crippen LogP) is 1.23. The minimum atomic E-state index is -0.493. The number of carbonyl (C=O) groups is 2. The van der Waals surface area contributed by atoms with E-state index < -0.39 is 11.9 Å². The number of aryl methyl sites for hydroxylation is 2. The van der Waals surface area contributed by atoms with E-state index >= 15 is 0 Å². The van der Waals surface area contributed by atoms with Crippen molar-refractivity contribution in [1.29, 1.82) is 5.41 Å². The van der Waals surface area contributed by atoms with Gasteiger partial charge in [-0.05, 0) is 13.8 Å². The van der Waals surface area contributed by atoms with E-state index in [0.717, 1.165) is 15.9 Å². The maximum Gasteiger partial charge on any atom is 0.325 e. The summed E-state index contributed by atoms with van der Waals surface area (Å²) in [5.41, 5.74) is 1.50. The molecule has 112 valence electrons. The predicted molar refractivity (Wildman–Crippen MR) is 80.2 cm³/mol. The standard InChI is InChI=1S/C13H16N4O3S/c1-4-20-9(18)6-15-13(19)10-8(5-14)11-12(17(10)3)16-7(2)21-11/h5,14H,4,6H2,1-3H3,(H,15,19). The Bertz CT molecular complexity index is 717. The summed E-state index contributed by atoms with van der Waals surface area (Å²) >= 11 is 1.43. The van der Waals surface area contributed by atoms with Gasteiger partial charge >= 0.3 is 5.97 Å². The van der Waals surface area contributed by atoms with Crippen LogP contribution < -0.4 is 5.32 Å². The molecule has 2 rings (SSSR count). The summed E-state index contributed by atoms with van der Waals surface area (Å²) in [6, 6.07) is 0. The average molecular weight is 308 g/mol. The highest BCUT2D eigenvalue weighted by atomic mass is 32.1. The van der Waals surface area contributed by atoms with Crippen molar-refractivity contribution in [2.45, 2.75) is 13.8 Å². The Labute approximate surface area is 125 Å². The van der Waals surface area contributed by atoms with E-state index in [4.69, 9.17) is 10.1 Å². The van der Waals surface area contributed by atoms with Crippen LogP contribution in [0.2, 0.25) is 0 Å². The summed E-state index contributed by atoms with van der Waals surface area (Å²) in [5, 5.41) is 10.9. The second-order valence-corrected chi connectivity index (χ2v) is 5.54. The first-order valence-corrected chi connectivity index (χ1v) is 7.21. The number of amides is 1. The molecule has 2 aromatic heterocycles. The second kappa shape index (κ2) is 6.04. The maximum absolute atomic E-state index is 12.2. The normalized spacial score (nSPS) is 10.6. The first-order chi connectivity index (χ1) is 9.99. The van der Waals surface area contributed by atoms with Gasteiger partial charge in [0.25, 0.3) is 5.91 Å². The number of esters is 1. The molecule has 8 heteroatoms. The van der Waals surface area contributed by atoms with Crippen molar-refractivity contribution in [2.75, 3.05) is 13.2 Å². The fourth-order valence-electron chi connectivity index (χ4n) is 2.07. The first kappa shape index (κ1) is 15.2. The fourth-order valence-corrected chi connectivity index (χ4v) is 3.04. The Morgan fingerprint density at radius 3 is 2.86 bits per heavy atom. The van der Waals surface area contributed by atoms with Crippen LogP contribution >= 0.6 is 11.3 Å². The van der Waals surface area contributed by atoms with Crippen LogP contribution in [0.1, 0.15) is 28.0 Å². The van der Waals surface area contributed by atoms with E-state index in [0.29, 0.717) is 16.9 Å². The van der Waals surface area contributed by atoms with E-state index in [1.165, 1.54) is 11.3 Å². The summed E-state index contributed by atoms with van der Waals surface area (Å²) in [4.78, 5) is 27.9. The maximum atomic E-state index is 12.2. The third-order valence-electron chi connectivity index (χ3n) is 2.93. The Kier molecular flexibility index (Phi) is 4.37.